The minimum atomic E-state index is -1.62. The van der Waals surface area contributed by atoms with E-state index < -0.39 is 8.32 Å². The van der Waals surface area contributed by atoms with E-state index >= 15 is 0 Å². The van der Waals surface area contributed by atoms with Gasteiger partial charge < -0.3 is 4.43 Å². The summed E-state index contributed by atoms with van der Waals surface area (Å²) in [6, 6.07) is 0.529. The lowest BCUT2D eigenvalue weighted by atomic mass is 10.1. The molecule has 120 valence electrons. The molecule has 5 heteroatoms. The van der Waals surface area contributed by atoms with Crippen LogP contribution in [-0.4, -0.2) is 42.7 Å². The van der Waals surface area contributed by atoms with Crippen LogP contribution >= 0.6 is 0 Å². The van der Waals surface area contributed by atoms with E-state index in [4.69, 9.17) is 4.43 Å². The molecule has 0 aromatic carbocycles. The van der Waals surface area contributed by atoms with Crippen LogP contribution in [0.2, 0.25) is 18.1 Å². The largest absolute Gasteiger partial charge is 0.416 e. The monoisotopic (exact) mass is 309 g/mol. The second kappa shape index (κ2) is 6.22. The highest BCUT2D eigenvalue weighted by Crippen LogP contribution is 2.37. The first-order chi connectivity index (χ1) is 9.71. The van der Waals surface area contributed by atoms with Gasteiger partial charge in [-0.25, -0.2) is 0 Å². The molecule has 0 amide bonds. The fraction of sp³-hybridized carbons (Fsp3) is 0.812. The summed E-state index contributed by atoms with van der Waals surface area (Å²) in [6.07, 6.45) is 6.68. The Hall–Kier alpha value is -0.653. The average Bonchev–Trinajstić information content (AvgIpc) is 2.96. The van der Waals surface area contributed by atoms with E-state index in [1.165, 1.54) is 24.9 Å². The Morgan fingerprint density at radius 3 is 2.67 bits per heavy atom. The minimum Gasteiger partial charge on any atom is -0.416 e. The maximum absolute atomic E-state index is 6.32. The molecule has 0 N–H and O–H groups in total. The molecule has 1 aromatic heterocycles. The van der Waals surface area contributed by atoms with E-state index in [9.17, 15) is 0 Å². The lowest BCUT2D eigenvalue weighted by Crippen LogP contribution is -2.42. The van der Waals surface area contributed by atoms with E-state index in [1.807, 2.05) is 17.9 Å². The molecule has 0 spiro atoms. The van der Waals surface area contributed by atoms with Crippen molar-refractivity contribution in [3.63, 3.8) is 0 Å². The second-order valence-electron chi connectivity index (χ2n) is 7.75. The lowest BCUT2D eigenvalue weighted by Gasteiger charge is -2.37. The SMILES string of the molecule is Cn1cc(C2CCCN2CCO[Si](C)(C)C(C)(C)C)cn1. The van der Waals surface area contributed by atoms with Crippen LogP contribution in [0.4, 0.5) is 0 Å². The Morgan fingerprint density at radius 2 is 2.10 bits per heavy atom. The topological polar surface area (TPSA) is 30.3 Å². The molecule has 1 aliphatic heterocycles. The van der Waals surface area contributed by atoms with Crippen LogP contribution in [0.3, 0.4) is 0 Å². The minimum absolute atomic E-state index is 0.292. The molecule has 0 bridgehead atoms. The molecule has 0 radical (unpaired) electrons. The second-order valence-corrected chi connectivity index (χ2v) is 12.6. The Morgan fingerprint density at radius 1 is 1.38 bits per heavy atom. The average molecular weight is 310 g/mol. The third-order valence-corrected chi connectivity index (χ3v) is 9.66. The molecule has 1 saturated heterocycles. The summed E-state index contributed by atoms with van der Waals surface area (Å²) in [5, 5.41) is 4.61. The molecular weight excluding hydrogens is 278 g/mol. The molecule has 0 aliphatic carbocycles. The molecule has 1 unspecified atom stereocenters. The van der Waals surface area contributed by atoms with E-state index in [2.05, 4.69) is 50.1 Å². The quantitative estimate of drug-likeness (QED) is 0.779. The van der Waals surface area contributed by atoms with Crippen molar-refractivity contribution in [3.8, 4) is 0 Å². The zero-order chi connectivity index (χ0) is 15.7. The third-order valence-electron chi connectivity index (χ3n) is 5.12. The van der Waals surface area contributed by atoms with Gasteiger partial charge in [0.1, 0.15) is 0 Å². The zero-order valence-corrected chi connectivity index (χ0v) is 15.5. The Labute approximate surface area is 130 Å². The van der Waals surface area contributed by atoms with Crippen LogP contribution in [0.15, 0.2) is 12.4 Å². The van der Waals surface area contributed by atoms with Gasteiger partial charge >= 0.3 is 0 Å². The van der Waals surface area contributed by atoms with Crippen molar-refractivity contribution in [2.75, 3.05) is 19.7 Å². The standard InChI is InChI=1S/C16H31N3OSi/c1-16(2,3)21(5,6)20-11-10-19-9-7-8-15(19)14-12-17-18(4)13-14/h12-13,15H,7-11H2,1-6H3. The van der Waals surface area contributed by atoms with E-state index in [0.29, 0.717) is 11.1 Å². The van der Waals surface area contributed by atoms with E-state index in [-0.39, 0.29) is 0 Å². The van der Waals surface area contributed by atoms with Gasteiger partial charge in [-0.1, -0.05) is 20.8 Å². The normalized spacial score (nSPS) is 21.1. The first-order valence-corrected chi connectivity index (χ1v) is 11.0. The molecule has 1 atom stereocenters. The Kier molecular flexibility index (Phi) is 4.95. The first kappa shape index (κ1) is 16.7. The number of hydrogen-bond donors (Lipinski definition) is 0. The molecule has 0 saturated carbocycles. The summed E-state index contributed by atoms with van der Waals surface area (Å²) >= 11 is 0. The van der Waals surface area contributed by atoms with E-state index in [1.54, 1.807) is 0 Å². The highest BCUT2D eigenvalue weighted by atomic mass is 28.4. The molecule has 1 fully saturated rings. The Balaban J connectivity index is 1.88. The van der Waals surface area contributed by atoms with Gasteiger partial charge in [0.25, 0.3) is 0 Å². The summed E-state index contributed by atoms with van der Waals surface area (Å²) in [7, 11) is 0.372. The third kappa shape index (κ3) is 3.96. The smallest absolute Gasteiger partial charge is 0.192 e. The lowest BCUT2D eigenvalue weighted by molar-refractivity contribution is 0.188. The molecule has 1 aromatic rings. The van der Waals surface area contributed by atoms with Gasteiger partial charge in [-0.15, -0.1) is 0 Å². The van der Waals surface area contributed by atoms with Gasteiger partial charge in [0.15, 0.2) is 8.32 Å². The summed E-state index contributed by atoms with van der Waals surface area (Å²) in [5.41, 5.74) is 1.35. The number of aromatic nitrogens is 2. The summed E-state index contributed by atoms with van der Waals surface area (Å²) in [4.78, 5) is 2.56. The molecule has 2 rings (SSSR count). The fourth-order valence-corrected chi connectivity index (χ4v) is 3.75. The highest BCUT2D eigenvalue weighted by Gasteiger charge is 2.37. The fourth-order valence-electron chi connectivity index (χ4n) is 2.72. The number of nitrogens with zero attached hydrogens (tertiary/aromatic N) is 3. The van der Waals surface area contributed by atoms with Gasteiger partial charge in [0.05, 0.1) is 6.20 Å². The molecule has 4 nitrogen and oxygen atoms in total. The van der Waals surface area contributed by atoms with Crippen LogP contribution in [0.1, 0.15) is 45.2 Å². The number of hydrogen-bond acceptors (Lipinski definition) is 3. The van der Waals surface area contributed by atoms with Gasteiger partial charge in [0, 0.05) is 38.0 Å². The number of likely N-dealkylation sites (tertiary alicyclic amines) is 1. The predicted molar refractivity (Wildman–Crippen MR) is 89.9 cm³/mol. The summed E-state index contributed by atoms with van der Waals surface area (Å²) in [6.45, 7) is 14.6. The first-order valence-electron chi connectivity index (χ1n) is 8.07. The summed E-state index contributed by atoms with van der Waals surface area (Å²) < 4.78 is 8.22. The van der Waals surface area contributed by atoms with Gasteiger partial charge in [-0.2, -0.15) is 5.10 Å². The zero-order valence-electron chi connectivity index (χ0n) is 14.5. The highest BCUT2D eigenvalue weighted by molar-refractivity contribution is 6.74. The number of aryl methyl sites for hydroxylation is 1. The van der Waals surface area contributed by atoms with Crippen molar-refractivity contribution < 1.29 is 4.43 Å². The van der Waals surface area contributed by atoms with Crippen molar-refractivity contribution in [2.45, 2.75) is 57.8 Å². The molecule has 2 heterocycles. The van der Waals surface area contributed by atoms with Crippen molar-refractivity contribution >= 4 is 8.32 Å². The molecular formula is C16H31N3OSi. The maximum atomic E-state index is 6.32. The van der Waals surface area contributed by atoms with Crippen molar-refractivity contribution in [1.29, 1.82) is 0 Å². The van der Waals surface area contributed by atoms with Crippen LogP contribution in [0.25, 0.3) is 0 Å². The van der Waals surface area contributed by atoms with Crippen LogP contribution in [0.5, 0.6) is 0 Å². The van der Waals surface area contributed by atoms with Crippen LogP contribution < -0.4 is 0 Å². The van der Waals surface area contributed by atoms with Gasteiger partial charge in [0.2, 0.25) is 0 Å². The van der Waals surface area contributed by atoms with Gasteiger partial charge in [-0.3, -0.25) is 9.58 Å². The van der Waals surface area contributed by atoms with Crippen molar-refractivity contribution in [3.05, 3.63) is 18.0 Å². The van der Waals surface area contributed by atoms with Crippen molar-refractivity contribution in [1.82, 2.24) is 14.7 Å². The molecule has 1 aliphatic rings. The molecule has 21 heavy (non-hydrogen) atoms. The van der Waals surface area contributed by atoms with E-state index in [0.717, 1.165) is 13.2 Å². The Bertz CT molecular complexity index is 464. The summed E-state index contributed by atoms with van der Waals surface area (Å²) in [5.74, 6) is 0. The maximum Gasteiger partial charge on any atom is 0.192 e. The predicted octanol–water partition coefficient (Wildman–Crippen LogP) is 3.58. The van der Waals surface area contributed by atoms with Crippen molar-refractivity contribution in [2.24, 2.45) is 7.05 Å². The van der Waals surface area contributed by atoms with Crippen LogP contribution in [-0.2, 0) is 11.5 Å². The number of rotatable bonds is 5. The van der Waals surface area contributed by atoms with Crippen LogP contribution in [0, 0.1) is 0 Å². The van der Waals surface area contributed by atoms with Gasteiger partial charge in [-0.05, 0) is 37.5 Å².